The fourth-order valence-electron chi connectivity index (χ4n) is 6.33. The van der Waals surface area contributed by atoms with E-state index >= 15 is 0 Å². The normalized spacial score (nSPS) is 15.1. The van der Waals surface area contributed by atoms with Crippen LogP contribution in [0.4, 0.5) is 11.4 Å². The number of methoxy groups -OCH3 is 2. The van der Waals surface area contributed by atoms with Crippen LogP contribution in [0.2, 0.25) is 10.0 Å². The summed E-state index contributed by atoms with van der Waals surface area (Å²) in [6.07, 6.45) is 6.64. The first kappa shape index (κ1) is 42.2. The van der Waals surface area contributed by atoms with Crippen LogP contribution in [0.1, 0.15) is 39.1 Å². The van der Waals surface area contributed by atoms with Crippen LogP contribution in [-0.4, -0.2) is 75.2 Å². The molecule has 0 bridgehead atoms. The molecule has 16 nitrogen and oxygen atoms in total. The van der Waals surface area contributed by atoms with Gasteiger partial charge >= 0.3 is 11.9 Å². The number of benzene rings is 4. The summed E-state index contributed by atoms with van der Waals surface area (Å²) in [5.74, 6) is -0.932. The van der Waals surface area contributed by atoms with Gasteiger partial charge in [-0.15, -0.1) is 0 Å². The number of hydrogen-bond donors (Lipinski definition) is 3. The van der Waals surface area contributed by atoms with E-state index in [1.807, 2.05) is 0 Å². The summed E-state index contributed by atoms with van der Waals surface area (Å²) in [6.45, 7) is 0.735. The molecular formula is C40H37Cl2N7O9S2. The number of carbonyl (C=O) groups excluding carboxylic acids is 2. The Hall–Kier alpha value is -5.92. The molecule has 0 amide bonds. The Morgan fingerprint density at radius 2 is 1.18 bits per heavy atom. The van der Waals surface area contributed by atoms with Gasteiger partial charge in [0.25, 0.3) is 20.0 Å². The number of hydrogen-bond acceptors (Lipinski definition) is 12. The Balaban J connectivity index is 0.926. The van der Waals surface area contributed by atoms with E-state index in [1.54, 1.807) is 66.7 Å². The first-order chi connectivity index (χ1) is 28.7. The molecule has 0 saturated heterocycles. The van der Waals surface area contributed by atoms with Crippen molar-refractivity contribution < 1.29 is 40.6 Å². The predicted octanol–water partition coefficient (Wildman–Crippen LogP) is 6.49. The van der Waals surface area contributed by atoms with Crippen LogP contribution in [0, 0.1) is 5.92 Å². The number of halogens is 2. The monoisotopic (exact) mass is 893 g/mol. The van der Waals surface area contributed by atoms with Crippen LogP contribution in [0.3, 0.4) is 0 Å². The van der Waals surface area contributed by atoms with E-state index < -0.39 is 32.0 Å². The molecule has 2 heterocycles. The molecule has 20 heteroatoms. The maximum absolute atomic E-state index is 13.3. The zero-order valence-corrected chi connectivity index (χ0v) is 35.1. The van der Waals surface area contributed by atoms with E-state index in [9.17, 15) is 26.4 Å². The largest absolute Gasteiger partial charge is 0.493 e. The van der Waals surface area contributed by atoms with Gasteiger partial charge in [0.05, 0.1) is 79.5 Å². The number of nitrogens with zero attached hydrogens (tertiary/aromatic N) is 4. The van der Waals surface area contributed by atoms with Crippen LogP contribution in [-0.2, 0) is 36.1 Å². The van der Waals surface area contributed by atoms with Gasteiger partial charge in [-0.1, -0.05) is 29.3 Å². The molecule has 0 unspecified atom stereocenters. The average molecular weight is 895 g/mol. The summed E-state index contributed by atoms with van der Waals surface area (Å²) < 4.78 is 76.7. The highest BCUT2D eigenvalue weighted by Gasteiger charge is 2.30. The van der Waals surface area contributed by atoms with Crippen LogP contribution < -0.4 is 19.5 Å². The molecule has 312 valence electrons. The van der Waals surface area contributed by atoms with Crippen molar-refractivity contribution in [3.05, 3.63) is 136 Å². The van der Waals surface area contributed by atoms with Crippen molar-refractivity contribution in [3.63, 3.8) is 0 Å². The number of nitrogens with one attached hydrogen (secondary N) is 3. The van der Waals surface area contributed by atoms with E-state index in [1.165, 1.54) is 66.6 Å². The molecule has 1 aliphatic carbocycles. The minimum atomic E-state index is -4.15. The molecule has 1 fully saturated rings. The Labute approximate surface area is 355 Å². The van der Waals surface area contributed by atoms with Crippen LogP contribution in [0.25, 0.3) is 11.4 Å². The molecule has 0 radical (unpaired) electrons. The first-order valence-corrected chi connectivity index (χ1v) is 21.9. The maximum Gasteiger partial charge on any atom is 0.340 e. The third kappa shape index (κ3) is 9.75. The Morgan fingerprint density at radius 3 is 1.68 bits per heavy atom. The lowest BCUT2D eigenvalue weighted by Gasteiger charge is -2.36. The molecule has 0 atom stereocenters. The lowest BCUT2D eigenvalue weighted by atomic mass is 9.81. The van der Waals surface area contributed by atoms with Crippen molar-refractivity contribution in [3.8, 4) is 17.1 Å². The van der Waals surface area contributed by atoms with E-state index in [0.29, 0.717) is 40.3 Å². The zero-order chi connectivity index (χ0) is 42.6. The summed E-state index contributed by atoms with van der Waals surface area (Å²) in [5.41, 5.74) is 2.01. The van der Waals surface area contributed by atoms with Crippen molar-refractivity contribution in [2.24, 2.45) is 5.92 Å². The minimum Gasteiger partial charge on any atom is -0.493 e. The number of carbonyl (C=O) groups is 2. The standard InChI is InChI=1S/C40H37Cl2N7O9S2/c1-56-39(50)35-17-25(3-13-37(35)46-59(52,53)33-20-44-48(22-33)30-8-4-27(41)5-9-30)19-43-29-15-26(16-29)24-58-32-12-14-38(36(18-32)40(51)57-2)47-60(54,55)34-21-45-49(23-34)31-10-6-28(42)7-11-31/h3-14,17-18,20-23,26,29,43,46-47H,15-16,19,24H2,1-2H3. The molecule has 0 spiro atoms. The van der Waals surface area contributed by atoms with Crippen molar-refractivity contribution in [1.82, 2.24) is 24.9 Å². The number of rotatable bonds is 16. The molecule has 60 heavy (non-hydrogen) atoms. The van der Waals surface area contributed by atoms with Crippen LogP contribution in [0.5, 0.6) is 5.75 Å². The van der Waals surface area contributed by atoms with Crippen molar-refractivity contribution in [2.75, 3.05) is 30.3 Å². The Morgan fingerprint density at radius 1 is 0.700 bits per heavy atom. The van der Waals surface area contributed by atoms with Gasteiger partial charge in [-0.05, 0) is 103 Å². The van der Waals surface area contributed by atoms with Gasteiger partial charge in [-0.2, -0.15) is 10.2 Å². The van der Waals surface area contributed by atoms with E-state index in [0.717, 1.165) is 18.4 Å². The summed E-state index contributed by atoms with van der Waals surface area (Å²) in [5, 5.41) is 12.8. The molecular weight excluding hydrogens is 858 g/mol. The topological polar surface area (TPSA) is 202 Å². The molecule has 4 aromatic carbocycles. The average Bonchev–Trinajstić information content (AvgIpc) is 3.94. The number of esters is 2. The SMILES string of the molecule is COC(=O)c1cc(CNC2CC(COc3ccc(NS(=O)(=O)c4cnn(-c5ccc(Cl)cc5)c4)c(C(=O)OC)c3)C2)ccc1NS(=O)(=O)c1cnn(-c2ccc(Cl)cc2)c1. The molecule has 6 aromatic rings. The molecule has 2 aromatic heterocycles. The minimum absolute atomic E-state index is 0.00406. The number of aromatic nitrogens is 4. The highest BCUT2D eigenvalue weighted by molar-refractivity contribution is 7.93. The zero-order valence-electron chi connectivity index (χ0n) is 31.9. The Kier molecular flexibility index (Phi) is 12.5. The van der Waals surface area contributed by atoms with Gasteiger partial charge in [0.1, 0.15) is 15.5 Å². The van der Waals surface area contributed by atoms with Gasteiger partial charge in [-0.25, -0.2) is 35.8 Å². The molecule has 1 saturated carbocycles. The van der Waals surface area contributed by atoms with Crippen molar-refractivity contribution >= 4 is 66.6 Å². The van der Waals surface area contributed by atoms with Gasteiger partial charge in [0.2, 0.25) is 0 Å². The summed E-state index contributed by atoms with van der Waals surface area (Å²) in [6, 6.07) is 22.8. The van der Waals surface area contributed by atoms with E-state index in [2.05, 4.69) is 25.0 Å². The quantitative estimate of drug-likeness (QED) is 0.0894. The number of ether oxygens (including phenoxy) is 3. The van der Waals surface area contributed by atoms with Gasteiger partial charge in [0.15, 0.2) is 0 Å². The molecule has 7 rings (SSSR count). The predicted molar refractivity (Wildman–Crippen MR) is 223 cm³/mol. The van der Waals surface area contributed by atoms with Crippen LogP contribution >= 0.6 is 23.2 Å². The number of sulfonamides is 2. The fraction of sp³-hybridized carbons (Fsp3) is 0.200. The second kappa shape index (κ2) is 17.7. The smallest absolute Gasteiger partial charge is 0.340 e. The third-order valence-corrected chi connectivity index (χ3v) is 12.8. The Bertz CT molecular complexity index is 2570. The summed E-state index contributed by atoms with van der Waals surface area (Å²) in [4.78, 5) is 25.2. The van der Waals surface area contributed by atoms with Gasteiger partial charge in [-0.3, -0.25) is 9.44 Å². The van der Waals surface area contributed by atoms with Crippen molar-refractivity contribution in [2.45, 2.75) is 35.2 Å². The van der Waals surface area contributed by atoms with Crippen LogP contribution in [0.15, 0.2) is 120 Å². The highest BCUT2D eigenvalue weighted by Crippen LogP contribution is 2.31. The summed E-state index contributed by atoms with van der Waals surface area (Å²) >= 11 is 11.9. The lowest BCUT2D eigenvalue weighted by Crippen LogP contribution is -2.42. The second-order valence-electron chi connectivity index (χ2n) is 13.7. The highest BCUT2D eigenvalue weighted by atomic mass is 35.5. The third-order valence-electron chi connectivity index (χ3n) is 9.61. The van der Waals surface area contributed by atoms with Crippen molar-refractivity contribution in [1.29, 1.82) is 0 Å². The van der Waals surface area contributed by atoms with Gasteiger partial charge in [0, 0.05) is 22.6 Å². The lowest BCUT2D eigenvalue weighted by molar-refractivity contribution is 0.0592. The fourth-order valence-corrected chi connectivity index (χ4v) is 8.60. The molecule has 1 aliphatic rings. The summed E-state index contributed by atoms with van der Waals surface area (Å²) in [7, 11) is -5.86. The van der Waals surface area contributed by atoms with Gasteiger partial charge < -0.3 is 19.5 Å². The van der Waals surface area contributed by atoms with E-state index in [4.69, 9.17) is 37.4 Å². The van der Waals surface area contributed by atoms with E-state index in [-0.39, 0.29) is 44.3 Å². The number of anilines is 2. The molecule has 0 aliphatic heterocycles. The first-order valence-electron chi connectivity index (χ1n) is 18.2. The molecule has 3 N–H and O–H groups in total. The second-order valence-corrected chi connectivity index (χ2v) is 17.9. The maximum atomic E-state index is 13.3.